The van der Waals surface area contributed by atoms with Gasteiger partial charge < -0.3 is 9.40 Å². The Morgan fingerprint density at radius 3 is 2.47 bits per heavy atom. The van der Waals surface area contributed by atoms with Gasteiger partial charge in [-0.05, 0) is 53.9 Å². The number of benzene rings is 4. The van der Waals surface area contributed by atoms with E-state index >= 15 is 0 Å². The SMILES string of the molecule is c1ccc(-c2ccc3[nH]c4cc5c(ccc6c7ccccc7oc56)cc4c3c2)nc1. The molecule has 0 bridgehead atoms. The highest BCUT2D eigenvalue weighted by molar-refractivity contribution is 6.20. The number of aromatic amines is 1. The van der Waals surface area contributed by atoms with E-state index in [1.54, 1.807) is 0 Å². The van der Waals surface area contributed by atoms with Crippen molar-refractivity contribution in [1.82, 2.24) is 9.97 Å². The number of furan rings is 1. The normalized spacial score (nSPS) is 12.0. The quantitative estimate of drug-likeness (QED) is 0.320. The molecule has 7 rings (SSSR count). The number of hydrogen-bond acceptors (Lipinski definition) is 2. The summed E-state index contributed by atoms with van der Waals surface area (Å²) >= 11 is 0. The first-order chi connectivity index (χ1) is 14.8. The lowest BCUT2D eigenvalue weighted by Crippen LogP contribution is -1.81. The van der Waals surface area contributed by atoms with Gasteiger partial charge >= 0.3 is 0 Å². The fourth-order valence-electron chi connectivity index (χ4n) is 4.60. The average Bonchev–Trinajstić information content (AvgIpc) is 3.36. The Balaban J connectivity index is 1.54. The van der Waals surface area contributed by atoms with Crippen LogP contribution in [0, 0.1) is 0 Å². The summed E-state index contributed by atoms with van der Waals surface area (Å²) in [6.07, 6.45) is 1.83. The van der Waals surface area contributed by atoms with Crippen LogP contribution in [0.15, 0.2) is 95.5 Å². The van der Waals surface area contributed by atoms with Crippen molar-refractivity contribution in [3.05, 3.63) is 91.1 Å². The molecule has 3 aromatic heterocycles. The lowest BCUT2D eigenvalue weighted by molar-refractivity contribution is 0.672. The van der Waals surface area contributed by atoms with Crippen molar-refractivity contribution in [2.45, 2.75) is 0 Å². The van der Waals surface area contributed by atoms with E-state index in [4.69, 9.17) is 4.42 Å². The fraction of sp³-hybridized carbons (Fsp3) is 0. The molecule has 0 atom stereocenters. The first kappa shape index (κ1) is 15.8. The third-order valence-electron chi connectivity index (χ3n) is 6.04. The summed E-state index contributed by atoms with van der Waals surface area (Å²) < 4.78 is 6.24. The van der Waals surface area contributed by atoms with Crippen LogP contribution in [0.2, 0.25) is 0 Å². The Bertz CT molecular complexity index is 1740. The zero-order chi connectivity index (χ0) is 19.7. The second kappa shape index (κ2) is 5.71. The molecule has 0 aliphatic rings. The van der Waals surface area contributed by atoms with E-state index in [1.807, 2.05) is 36.5 Å². The molecule has 3 heteroatoms. The lowest BCUT2D eigenvalue weighted by Gasteiger charge is -2.02. The molecule has 0 spiro atoms. The first-order valence-corrected chi connectivity index (χ1v) is 10.1. The molecular formula is C27H16N2O. The second-order valence-electron chi connectivity index (χ2n) is 7.76. The minimum atomic E-state index is 0.928. The minimum Gasteiger partial charge on any atom is -0.455 e. The predicted octanol–water partition coefficient (Wildman–Crippen LogP) is 7.44. The molecule has 4 aromatic carbocycles. The van der Waals surface area contributed by atoms with Crippen molar-refractivity contribution in [1.29, 1.82) is 0 Å². The van der Waals surface area contributed by atoms with Crippen LogP contribution in [-0.4, -0.2) is 9.97 Å². The average molecular weight is 384 g/mol. The molecule has 0 radical (unpaired) electrons. The summed E-state index contributed by atoms with van der Waals surface area (Å²) in [6, 6.07) is 29.6. The van der Waals surface area contributed by atoms with Gasteiger partial charge in [0.15, 0.2) is 0 Å². The van der Waals surface area contributed by atoms with Gasteiger partial charge in [0.2, 0.25) is 0 Å². The number of nitrogens with zero attached hydrogens (tertiary/aromatic N) is 1. The number of aromatic nitrogens is 2. The molecule has 3 nitrogen and oxygen atoms in total. The summed E-state index contributed by atoms with van der Waals surface area (Å²) in [5.41, 5.74) is 6.22. The summed E-state index contributed by atoms with van der Waals surface area (Å²) in [6.45, 7) is 0. The first-order valence-electron chi connectivity index (χ1n) is 10.1. The molecule has 0 amide bonds. The largest absolute Gasteiger partial charge is 0.455 e. The number of H-pyrrole nitrogens is 1. The molecule has 7 aromatic rings. The lowest BCUT2D eigenvalue weighted by atomic mass is 10.0. The van der Waals surface area contributed by atoms with Gasteiger partial charge in [-0.2, -0.15) is 0 Å². The third kappa shape index (κ3) is 2.12. The molecule has 0 unspecified atom stereocenters. The van der Waals surface area contributed by atoms with Crippen LogP contribution in [0.25, 0.3) is 65.8 Å². The highest BCUT2D eigenvalue weighted by Crippen LogP contribution is 2.37. The fourth-order valence-corrected chi connectivity index (χ4v) is 4.60. The van der Waals surface area contributed by atoms with Crippen LogP contribution in [0.4, 0.5) is 0 Å². The standard InChI is InChI=1S/C27H16N2O/c1-2-7-26-18(5-1)19-10-8-16-13-22-21-14-17(23-6-3-4-12-28-23)9-11-24(21)29-25(22)15-20(16)27(19)30-26/h1-15,29H. The van der Waals surface area contributed by atoms with Crippen molar-refractivity contribution in [3.8, 4) is 11.3 Å². The van der Waals surface area contributed by atoms with Gasteiger partial charge in [-0.3, -0.25) is 4.98 Å². The van der Waals surface area contributed by atoms with Crippen molar-refractivity contribution in [3.63, 3.8) is 0 Å². The molecule has 1 N–H and O–H groups in total. The highest BCUT2D eigenvalue weighted by Gasteiger charge is 2.13. The van der Waals surface area contributed by atoms with Gasteiger partial charge in [0, 0.05) is 49.7 Å². The van der Waals surface area contributed by atoms with Crippen molar-refractivity contribution in [2.24, 2.45) is 0 Å². The Morgan fingerprint density at radius 1 is 0.633 bits per heavy atom. The Kier molecular flexibility index (Phi) is 3.00. The number of hydrogen-bond donors (Lipinski definition) is 1. The van der Waals surface area contributed by atoms with E-state index in [-0.39, 0.29) is 0 Å². The third-order valence-corrected chi connectivity index (χ3v) is 6.04. The Hall–Kier alpha value is -4.11. The van der Waals surface area contributed by atoms with E-state index in [9.17, 15) is 0 Å². The van der Waals surface area contributed by atoms with Gasteiger partial charge in [0.1, 0.15) is 11.2 Å². The number of nitrogens with one attached hydrogen (secondary N) is 1. The van der Waals surface area contributed by atoms with Gasteiger partial charge in [0.25, 0.3) is 0 Å². The Labute approximate surface area is 171 Å². The van der Waals surface area contributed by atoms with E-state index in [1.165, 1.54) is 16.2 Å². The molecule has 30 heavy (non-hydrogen) atoms. The molecule has 0 aliphatic carbocycles. The molecule has 0 saturated carbocycles. The summed E-state index contributed by atoms with van der Waals surface area (Å²) in [5.74, 6) is 0. The maximum Gasteiger partial charge on any atom is 0.143 e. The molecule has 0 fully saturated rings. The van der Waals surface area contributed by atoms with Crippen LogP contribution >= 0.6 is 0 Å². The number of fused-ring (bicyclic) bond motifs is 8. The van der Waals surface area contributed by atoms with Crippen LogP contribution in [0.1, 0.15) is 0 Å². The monoisotopic (exact) mass is 384 g/mol. The highest BCUT2D eigenvalue weighted by atomic mass is 16.3. The Morgan fingerprint density at radius 2 is 1.53 bits per heavy atom. The smallest absolute Gasteiger partial charge is 0.143 e. The van der Waals surface area contributed by atoms with Gasteiger partial charge in [-0.25, -0.2) is 0 Å². The number of rotatable bonds is 1. The number of para-hydroxylation sites is 1. The summed E-state index contributed by atoms with van der Waals surface area (Å²) in [5, 5.41) is 7.05. The zero-order valence-electron chi connectivity index (χ0n) is 16.0. The summed E-state index contributed by atoms with van der Waals surface area (Å²) in [4.78, 5) is 8.09. The van der Waals surface area contributed by atoms with Gasteiger partial charge in [0.05, 0.1) is 5.69 Å². The maximum absolute atomic E-state index is 6.24. The van der Waals surface area contributed by atoms with E-state index in [0.29, 0.717) is 0 Å². The molecule has 0 saturated heterocycles. The molecule has 140 valence electrons. The topological polar surface area (TPSA) is 41.8 Å². The van der Waals surface area contributed by atoms with Crippen LogP contribution in [0.5, 0.6) is 0 Å². The van der Waals surface area contributed by atoms with Crippen LogP contribution in [-0.2, 0) is 0 Å². The predicted molar refractivity (Wildman–Crippen MR) is 124 cm³/mol. The van der Waals surface area contributed by atoms with Crippen molar-refractivity contribution in [2.75, 3.05) is 0 Å². The van der Waals surface area contributed by atoms with E-state index in [0.717, 1.165) is 49.6 Å². The second-order valence-corrected chi connectivity index (χ2v) is 7.76. The number of pyridine rings is 1. The maximum atomic E-state index is 6.24. The zero-order valence-corrected chi connectivity index (χ0v) is 16.0. The van der Waals surface area contributed by atoms with E-state index < -0.39 is 0 Å². The van der Waals surface area contributed by atoms with Gasteiger partial charge in [-0.1, -0.05) is 36.4 Å². The summed E-state index contributed by atoms with van der Waals surface area (Å²) in [7, 11) is 0. The van der Waals surface area contributed by atoms with Crippen molar-refractivity contribution >= 4 is 54.5 Å². The molecule has 3 heterocycles. The molecular weight excluding hydrogens is 368 g/mol. The van der Waals surface area contributed by atoms with Crippen LogP contribution in [0.3, 0.4) is 0 Å². The van der Waals surface area contributed by atoms with Crippen molar-refractivity contribution < 1.29 is 4.42 Å². The minimum absolute atomic E-state index is 0.928. The van der Waals surface area contributed by atoms with E-state index in [2.05, 4.69) is 64.6 Å². The van der Waals surface area contributed by atoms with Crippen LogP contribution < -0.4 is 0 Å². The van der Waals surface area contributed by atoms with Gasteiger partial charge in [-0.15, -0.1) is 0 Å². The molecule has 0 aliphatic heterocycles.